The van der Waals surface area contributed by atoms with E-state index in [1.807, 2.05) is 6.08 Å². The van der Waals surface area contributed by atoms with Crippen LogP contribution in [0.25, 0.3) is 6.08 Å². The summed E-state index contributed by atoms with van der Waals surface area (Å²) in [6.45, 7) is 10.8. The zero-order valence-electron chi connectivity index (χ0n) is 21.1. The third kappa shape index (κ3) is 11.9. The van der Waals surface area contributed by atoms with Crippen LogP contribution in [0.4, 0.5) is 0 Å². The summed E-state index contributed by atoms with van der Waals surface area (Å²) in [5, 5.41) is 0. The van der Waals surface area contributed by atoms with E-state index in [9.17, 15) is 0 Å². The van der Waals surface area contributed by atoms with Crippen molar-refractivity contribution < 1.29 is 0 Å². The first-order valence-corrected chi connectivity index (χ1v) is 17.3. The molecule has 1 aromatic rings. The topological polar surface area (TPSA) is 0 Å². The maximum absolute atomic E-state index is 7.88. The SMILES string of the molecule is C=Cc1ccc(CP(Cl)(CCCC)(CCCC)CCCCCCCCCCCC)cc1. The number of rotatable bonds is 20. The fourth-order valence-corrected chi connectivity index (χ4v) is 11.9. The molecule has 0 saturated heterocycles. The maximum atomic E-state index is 7.88. The molecule has 0 aliphatic carbocycles. The Kier molecular flexibility index (Phi) is 15.1. The summed E-state index contributed by atoms with van der Waals surface area (Å²) in [6, 6.07) is 9.02. The van der Waals surface area contributed by atoms with Gasteiger partial charge in [-0.05, 0) is 0 Å². The summed E-state index contributed by atoms with van der Waals surface area (Å²) >= 11 is 7.88. The molecule has 0 bridgehead atoms. The summed E-state index contributed by atoms with van der Waals surface area (Å²) in [7, 11) is 0. The van der Waals surface area contributed by atoms with Gasteiger partial charge in [0.25, 0.3) is 0 Å². The van der Waals surface area contributed by atoms with Crippen molar-refractivity contribution in [3.8, 4) is 0 Å². The second-order valence-electron chi connectivity index (χ2n) is 9.98. The Labute approximate surface area is 200 Å². The number of hydrogen-bond acceptors (Lipinski definition) is 0. The molecule has 0 atom stereocenters. The van der Waals surface area contributed by atoms with E-state index in [1.54, 1.807) is 0 Å². The van der Waals surface area contributed by atoms with E-state index in [4.69, 9.17) is 11.2 Å². The van der Waals surface area contributed by atoms with Gasteiger partial charge in [0, 0.05) is 0 Å². The van der Waals surface area contributed by atoms with Gasteiger partial charge in [0.1, 0.15) is 0 Å². The summed E-state index contributed by atoms with van der Waals surface area (Å²) < 4.78 is 0. The molecule has 0 fully saturated rings. The Morgan fingerprint density at radius 2 is 1.06 bits per heavy atom. The Balaban J connectivity index is 2.67. The Morgan fingerprint density at radius 3 is 1.52 bits per heavy atom. The Morgan fingerprint density at radius 1 is 0.645 bits per heavy atom. The van der Waals surface area contributed by atoms with Gasteiger partial charge >= 0.3 is 201 Å². The molecule has 2 heteroatoms. The van der Waals surface area contributed by atoms with Crippen LogP contribution in [0.5, 0.6) is 0 Å². The van der Waals surface area contributed by atoms with Gasteiger partial charge in [-0.15, -0.1) is 0 Å². The molecule has 0 N–H and O–H groups in total. The second kappa shape index (κ2) is 16.3. The van der Waals surface area contributed by atoms with Crippen molar-refractivity contribution in [3.63, 3.8) is 0 Å². The second-order valence-corrected chi connectivity index (χ2v) is 18.1. The first-order valence-electron chi connectivity index (χ1n) is 13.4. The van der Waals surface area contributed by atoms with Crippen molar-refractivity contribution in [2.24, 2.45) is 0 Å². The molecule has 0 heterocycles. The third-order valence-corrected chi connectivity index (χ3v) is 14.3. The summed E-state index contributed by atoms with van der Waals surface area (Å²) in [4.78, 5) is 0. The minimum absolute atomic E-state index is 1.13. The Bertz CT molecular complexity index is 569. The molecule has 0 aromatic heterocycles. The average molecular weight is 467 g/mol. The van der Waals surface area contributed by atoms with Crippen molar-refractivity contribution in [2.45, 2.75) is 117 Å². The molecule has 0 aliphatic heterocycles. The normalized spacial score (nSPS) is 13.1. The van der Waals surface area contributed by atoms with Gasteiger partial charge in [-0.25, -0.2) is 0 Å². The van der Waals surface area contributed by atoms with E-state index in [-0.39, 0.29) is 0 Å². The van der Waals surface area contributed by atoms with Crippen LogP contribution in [0, 0.1) is 0 Å². The van der Waals surface area contributed by atoms with Crippen LogP contribution in [-0.2, 0) is 6.16 Å². The van der Waals surface area contributed by atoms with Crippen LogP contribution in [0.2, 0.25) is 0 Å². The Hall–Kier alpha value is -0.320. The molecule has 0 nitrogen and oxygen atoms in total. The zero-order valence-corrected chi connectivity index (χ0v) is 22.8. The summed E-state index contributed by atoms with van der Waals surface area (Å²) in [5.74, 6) is -2.25. The molecule has 0 aliphatic rings. The minimum atomic E-state index is -2.25. The summed E-state index contributed by atoms with van der Waals surface area (Å²) in [6.07, 6.45) is 25.9. The van der Waals surface area contributed by atoms with Gasteiger partial charge in [-0.2, -0.15) is 0 Å². The third-order valence-electron chi connectivity index (χ3n) is 7.00. The number of benzene rings is 1. The van der Waals surface area contributed by atoms with Crippen molar-refractivity contribution >= 4 is 23.3 Å². The standard InChI is InChI=1S/C29H52ClP/c1-5-9-12-13-14-15-16-17-18-19-26-31(30,24-10-6-2,25-11-7-3)27-29-22-20-28(8-4)21-23-29/h8,20-23H,4-7,9-19,24-27H2,1-3H3. The molecule has 0 saturated carbocycles. The predicted molar refractivity (Wildman–Crippen MR) is 149 cm³/mol. The average Bonchev–Trinajstić information content (AvgIpc) is 2.78. The van der Waals surface area contributed by atoms with Gasteiger partial charge in [0.15, 0.2) is 0 Å². The number of halogens is 1. The molecule has 31 heavy (non-hydrogen) atoms. The van der Waals surface area contributed by atoms with Gasteiger partial charge in [-0.3, -0.25) is 0 Å². The fourth-order valence-electron chi connectivity index (χ4n) is 4.89. The van der Waals surface area contributed by atoms with Crippen LogP contribution in [0.1, 0.15) is 122 Å². The van der Waals surface area contributed by atoms with E-state index < -0.39 is 5.96 Å². The molecule has 0 spiro atoms. The fraction of sp³-hybridized carbons (Fsp3) is 0.724. The van der Waals surface area contributed by atoms with E-state index in [1.165, 1.54) is 120 Å². The molecular formula is C29H52ClP. The van der Waals surface area contributed by atoms with Crippen LogP contribution in [0.15, 0.2) is 30.8 Å². The van der Waals surface area contributed by atoms with Crippen LogP contribution in [0.3, 0.4) is 0 Å². The zero-order chi connectivity index (χ0) is 22.9. The molecule has 1 aromatic carbocycles. The van der Waals surface area contributed by atoms with Crippen molar-refractivity contribution in [1.82, 2.24) is 0 Å². The molecule has 1 rings (SSSR count). The summed E-state index contributed by atoms with van der Waals surface area (Å²) in [5.41, 5.74) is 2.65. The van der Waals surface area contributed by atoms with Gasteiger partial charge < -0.3 is 0 Å². The van der Waals surface area contributed by atoms with E-state index >= 15 is 0 Å². The first-order chi connectivity index (χ1) is 15.0. The molecule has 0 radical (unpaired) electrons. The molecule has 0 unspecified atom stereocenters. The quantitative estimate of drug-likeness (QED) is 0.132. The van der Waals surface area contributed by atoms with Crippen molar-refractivity contribution in [3.05, 3.63) is 42.0 Å². The van der Waals surface area contributed by atoms with E-state index in [0.717, 1.165) is 6.16 Å². The molecular weight excluding hydrogens is 415 g/mol. The van der Waals surface area contributed by atoms with Crippen molar-refractivity contribution in [1.29, 1.82) is 0 Å². The molecule has 0 amide bonds. The van der Waals surface area contributed by atoms with Crippen molar-refractivity contribution in [2.75, 3.05) is 18.5 Å². The van der Waals surface area contributed by atoms with E-state index in [0.29, 0.717) is 0 Å². The number of hydrogen-bond donors (Lipinski definition) is 0. The van der Waals surface area contributed by atoms with Gasteiger partial charge in [0.05, 0.1) is 0 Å². The van der Waals surface area contributed by atoms with Crippen LogP contribution < -0.4 is 0 Å². The monoisotopic (exact) mass is 466 g/mol. The first kappa shape index (κ1) is 28.7. The van der Waals surface area contributed by atoms with E-state index in [2.05, 4.69) is 51.6 Å². The van der Waals surface area contributed by atoms with Crippen LogP contribution in [-0.4, -0.2) is 18.5 Å². The molecule has 180 valence electrons. The van der Waals surface area contributed by atoms with Gasteiger partial charge in [0.2, 0.25) is 0 Å². The van der Waals surface area contributed by atoms with Crippen LogP contribution >= 0.6 is 17.2 Å². The predicted octanol–water partition coefficient (Wildman–Crippen LogP) is 11.1. The number of unbranched alkanes of at least 4 members (excludes halogenated alkanes) is 11. The van der Waals surface area contributed by atoms with Gasteiger partial charge in [-0.1, -0.05) is 0 Å².